The number of piperidine rings is 1. The first-order chi connectivity index (χ1) is 12.7. The number of benzene rings is 1. The third-order valence-electron chi connectivity index (χ3n) is 5.50. The Bertz CT molecular complexity index is 752. The third kappa shape index (κ3) is 3.48. The Hall–Kier alpha value is -2.31. The van der Waals surface area contributed by atoms with Crippen molar-refractivity contribution in [1.29, 1.82) is 0 Å². The molecule has 4 rings (SSSR count). The van der Waals surface area contributed by atoms with Gasteiger partial charge in [-0.3, -0.25) is 20.6 Å². The lowest BCUT2D eigenvalue weighted by Crippen LogP contribution is -2.48. The van der Waals surface area contributed by atoms with Crippen molar-refractivity contribution in [3.63, 3.8) is 0 Å². The molecule has 2 saturated heterocycles. The van der Waals surface area contributed by atoms with Gasteiger partial charge in [-0.05, 0) is 48.6 Å². The molecule has 6 heteroatoms. The highest BCUT2D eigenvalue weighted by molar-refractivity contribution is 5.94. The van der Waals surface area contributed by atoms with Crippen LogP contribution in [-0.4, -0.2) is 41.5 Å². The van der Waals surface area contributed by atoms with E-state index < -0.39 is 0 Å². The van der Waals surface area contributed by atoms with Crippen LogP contribution in [0.3, 0.4) is 0 Å². The van der Waals surface area contributed by atoms with Gasteiger partial charge in [-0.2, -0.15) is 0 Å². The molecule has 3 heterocycles. The largest absolute Gasteiger partial charge is 0.338 e. The molecule has 3 atom stereocenters. The molecule has 0 bridgehead atoms. The van der Waals surface area contributed by atoms with Crippen molar-refractivity contribution in [3.8, 4) is 0 Å². The number of aromatic nitrogens is 1. The van der Waals surface area contributed by atoms with Crippen molar-refractivity contribution in [2.24, 2.45) is 5.92 Å². The molecule has 0 saturated carbocycles. The first kappa shape index (κ1) is 17.1. The summed E-state index contributed by atoms with van der Waals surface area (Å²) in [5.41, 5.74) is 8.47. The Labute approximate surface area is 152 Å². The van der Waals surface area contributed by atoms with Crippen LogP contribution in [0.4, 0.5) is 4.39 Å². The molecule has 0 aliphatic carbocycles. The third-order valence-corrected chi connectivity index (χ3v) is 5.50. The Morgan fingerprint density at radius 3 is 2.69 bits per heavy atom. The van der Waals surface area contributed by atoms with E-state index in [1.54, 1.807) is 24.5 Å². The van der Waals surface area contributed by atoms with Gasteiger partial charge in [0.05, 0.1) is 0 Å². The van der Waals surface area contributed by atoms with Crippen LogP contribution in [0.25, 0.3) is 0 Å². The van der Waals surface area contributed by atoms with Crippen molar-refractivity contribution >= 4 is 5.91 Å². The first-order valence-corrected chi connectivity index (χ1v) is 9.15. The fourth-order valence-corrected chi connectivity index (χ4v) is 4.16. The smallest absolute Gasteiger partial charge is 0.253 e. The van der Waals surface area contributed by atoms with E-state index in [1.165, 1.54) is 12.1 Å². The summed E-state index contributed by atoms with van der Waals surface area (Å²) in [4.78, 5) is 18.7. The maximum Gasteiger partial charge on any atom is 0.253 e. The molecule has 2 fully saturated rings. The van der Waals surface area contributed by atoms with Crippen LogP contribution < -0.4 is 10.9 Å². The molecule has 1 amide bonds. The van der Waals surface area contributed by atoms with Gasteiger partial charge in [0.1, 0.15) is 5.82 Å². The number of amides is 1. The van der Waals surface area contributed by atoms with E-state index in [9.17, 15) is 9.18 Å². The monoisotopic (exact) mass is 354 g/mol. The number of carbonyl (C=O) groups is 1. The van der Waals surface area contributed by atoms with Gasteiger partial charge in [-0.25, -0.2) is 4.39 Å². The molecule has 0 spiro atoms. The first-order valence-electron chi connectivity index (χ1n) is 9.15. The van der Waals surface area contributed by atoms with E-state index in [0.29, 0.717) is 11.5 Å². The molecule has 3 unspecified atom stereocenters. The van der Waals surface area contributed by atoms with Crippen molar-refractivity contribution in [3.05, 3.63) is 65.7 Å². The van der Waals surface area contributed by atoms with Crippen LogP contribution >= 0.6 is 0 Å². The highest BCUT2D eigenvalue weighted by Gasteiger charge is 2.37. The molecule has 26 heavy (non-hydrogen) atoms. The lowest BCUT2D eigenvalue weighted by atomic mass is 9.81. The van der Waals surface area contributed by atoms with Crippen LogP contribution in [0.1, 0.15) is 34.7 Å². The maximum absolute atomic E-state index is 13.2. The molecule has 2 aromatic rings. The lowest BCUT2D eigenvalue weighted by molar-refractivity contribution is 0.0644. The number of nitrogens with zero attached hydrogens (tertiary/aromatic N) is 2. The van der Waals surface area contributed by atoms with Crippen LogP contribution in [0.2, 0.25) is 0 Å². The number of hydrazine groups is 1. The zero-order chi connectivity index (χ0) is 17.9. The number of pyridine rings is 1. The molecule has 1 aromatic heterocycles. The average Bonchev–Trinajstić information content (AvgIpc) is 3.19. The summed E-state index contributed by atoms with van der Waals surface area (Å²) in [5, 5.41) is 0. The molecular weight excluding hydrogens is 331 g/mol. The molecule has 2 N–H and O–H groups in total. The van der Waals surface area contributed by atoms with Crippen molar-refractivity contribution in [1.82, 2.24) is 20.7 Å². The van der Waals surface area contributed by atoms with E-state index in [2.05, 4.69) is 15.8 Å². The van der Waals surface area contributed by atoms with Gasteiger partial charge in [0.2, 0.25) is 0 Å². The second-order valence-electron chi connectivity index (χ2n) is 7.10. The Morgan fingerprint density at radius 2 is 1.92 bits per heavy atom. The van der Waals surface area contributed by atoms with Crippen molar-refractivity contribution < 1.29 is 9.18 Å². The predicted octanol–water partition coefficient (Wildman–Crippen LogP) is 2.33. The molecule has 0 radical (unpaired) electrons. The second kappa shape index (κ2) is 7.51. The topological polar surface area (TPSA) is 57.3 Å². The van der Waals surface area contributed by atoms with Gasteiger partial charge < -0.3 is 4.90 Å². The number of rotatable bonds is 3. The number of hydrogen-bond acceptors (Lipinski definition) is 4. The zero-order valence-corrected chi connectivity index (χ0v) is 14.6. The Morgan fingerprint density at radius 1 is 1.15 bits per heavy atom. The highest BCUT2D eigenvalue weighted by atomic mass is 19.1. The minimum atomic E-state index is -0.212. The van der Waals surface area contributed by atoms with E-state index in [1.807, 2.05) is 17.0 Å². The highest BCUT2D eigenvalue weighted by Crippen LogP contribution is 2.32. The minimum Gasteiger partial charge on any atom is -0.338 e. The summed E-state index contributed by atoms with van der Waals surface area (Å²) in [6.45, 7) is 2.34. The molecule has 5 nitrogen and oxygen atoms in total. The summed E-state index contributed by atoms with van der Waals surface area (Å²) in [6.07, 6.45) is 5.39. The molecule has 1 aromatic carbocycles. The van der Waals surface area contributed by atoms with E-state index >= 15 is 0 Å². The quantitative estimate of drug-likeness (QED) is 0.888. The summed E-state index contributed by atoms with van der Waals surface area (Å²) in [6, 6.07) is 10.5. The fraction of sp³-hybridized carbons (Fsp3) is 0.400. The van der Waals surface area contributed by atoms with Gasteiger partial charge in [0, 0.05) is 49.6 Å². The number of likely N-dealkylation sites (tertiary alicyclic amines) is 1. The summed E-state index contributed by atoms with van der Waals surface area (Å²) < 4.78 is 13.2. The van der Waals surface area contributed by atoms with Gasteiger partial charge >= 0.3 is 0 Å². The normalized spacial score (nSPS) is 26.0. The number of hydrogen-bond donors (Lipinski definition) is 2. The second-order valence-corrected chi connectivity index (χ2v) is 7.10. The van der Waals surface area contributed by atoms with Gasteiger partial charge in [-0.1, -0.05) is 12.1 Å². The van der Waals surface area contributed by atoms with E-state index in [-0.39, 0.29) is 23.7 Å². The Balaban J connectivity index is 1.48. The summed E-state index contributed by atoms with van der Waals surface area (Å²) in [7, 11) is 0. The van der Waals surface area contributed by atoms with Crippen LogP contribution in [-0.2, 0) is 0 Å². The van der Waals surface area contributed by atoms with E-state index in [4.69, 9.17) is 0 Å². The van der Waals surface area contributed by atoms with Gasteiger partial charge in [0.15, 0.2) is 0 Å². The van der Waals surface area contributed by atoms with E-state index in [0.717, 1.165) is 38.0 Å². The molecule has 2 aliphatic heterocycles. The standard InChI is InChI=1S/C20H23FN4O/c21-17-5-3-14(4-6-17)18-12-23-24-19(18)16-2-1-11-25(13-16)20(26)15-7-9-22-10-8-15/h3-10,16,18-19,23-24H,1-2,11-13H2. The lowest BCUT2D eigenvalue weighted by Gasteiger charge is -2.37. The number of carbonyl (C=O) groups excluding carboxylic acids is 1. The van der Waals surface area contributed by atoms with Crippen LogP contribution in [0, 0.1) is 11.7 Å². The molecular formula is C20H23FN4O. The number of halogens is 1. The average molecular weight is 354 g/mol. The zero-order valence-electron chi connectivity index (χ0n) is 14.6. The predicted molar refractivity (Wildman–Crippen MR) is 96.9 cm³/mol. The van der Waals surface area contributed by atoms with Crippen molar-refractivity contribution in [2.45, 2.75) is 24.8 Å². The maximum atomic E-state index is 13.2. The SMILES string of the molecule is O=C(c1ccncc1)N1CCCC(C2NNCC2c2ccc(F)cc2)C1. The van der Waals surface area contributed by atoms with Crippen LogP contribution in [0.5, 0.6) is 0 Å². The molecule has 136 valence electrons. The Kier molecular flexibility index (Phi) is 4.95. The van der Waals surface area contributed by atoms with Gasteiger partial charge in [-0.15, -0.1) is 0 Å². The van der Waals surface area contributed by atoms with Crippen LogP contribution in [0.15, 0.2) is 48.8 Å². The minimum absolute atomic E-state index is 0.0707. The van der Waals surface area contributed by atoms with Crippen molar-refractivity contribution in [2.75, 3.05) is 19.6 Å². The molecule has 2 aliphatic rings. The summed E-state index contributed by atoms with van der Waals surface area (Å²) >= 11 is 0. The summed E-state index contributed by atoms with van der Waals surface area (Å²) in [5.74, 6) is 0.494. The fourth-order valence-electron chi connectivity index (χ4n) is 4.16. The number of nitrogens with one attached hydrogen (secondary N) is 2. The van der Waals surface area contributed by atoms with Gasteiger partial charge in [0.25, 0.3) is 5.91 Å².